The molecule has 1 aromatic carbocycles. The molecule has 0 fully saturated rings. The van der Waals surface area contributed by atoms with Crippen molar-refractivity contribution in [1.29, 1.82) is 0 Å². The second-order valence-electron chi connectivity index (χ2n) is 3.63. The van der Waals surface area contributed by atoms with Gasteiger partial charge in [0.2, 0.25) is 10.0 Å². The van der Waals surface area contributed by atoms with Crippen LogP contribution < -0.4 is 10.5 Å². The third-order valence-electron chi connectivity index (χ3n) is 2.28. The molecule has 0 aliphatic carbocycles. The molecule has 1 aromatic heterocycles. The van der Waals surface area contributed by atoms with Crippen LogP contribution in [0.25, 0.3) is 0 Å². The van der Waals surface area contributed by atoms with E-state index in [-0.39, 0.29) is 4.90 Å². The van der Waals surface area contributed by atoms with Crippen molar-refractivity contribution in [3.63, 3.8) is 0 Å². The summed E-state index contributed by atoms with van der Waals surface area (Å²) in [7, 11) is -3.63. The Morgan fingerprint density at radius 2 is 1.83 bits per heavy atom. The van der Waals surface area contributed by atoms with E-state index in [1.165, 1.54) is 12.1 Å². The maximum absolute atomic E-state index is 11.1. The second-order valence-corrected chi connectivity index (χ2v) is 6.25. The van der Waals surface area contributed by atoms with Gasteiger partial charge in [0.05, 0.1) is 11.4 Å². The van der Waals surface area contributed by atoms with E-state index >= 15 is 0 Å². The molecule has 0 spiro atoms. The number of nitrogens with two attached hydrogens (primary N) is 1. The fourth-order valence-electron chi connectivity index (χ4n) is 1.40. The van der Waals surface area contributed by atoms with Crippen molar-refractivity contribution in [2.75, 3.05) is 5.32 Å². The minimum absolute atomic E-state index is 0.0978. The van der Waals surface area contributed by atoms with E-state index in [1.807, 2.05) is 12.1 Å². The molecule has 18 heavy (non-hydrogen) atoms. The molecule has 2 rings (SSSR count). The Labute approximate surface area is 119 Å². The van der Waals surface area contributed by atoms with Gasteiger partial charge in [0.15, 0.2) is 3.77 Å². The molecule has 5 nitrogen and oxygen atoms in total. The summed E-state index contributed by atoms with van der Waals surface area (Å²) in [5, 5.41) is 8.13. The fourth-order valence-corrected chi connectivity index (χ4v) is 2.38. The van der Waals surface area contributed by atoms with Gasteiger partial charge >= 0.3 is 0 Å². The predicted octanol–water partition coefficient (Wildman–Crippen LogP) is 2.14. The van der Waals surface area contributed by atoms with Crippen LogP contribution in [0, 0.1) is 3.77 Å². The average Bonchev–Trinajstić information content (AvgIpc) is 2.72. The van der Waals surface area contributed by atoms with Gasteiger partial charge in [-0.05, 0) is 59.0 Å². The topological polar surface area (TPSA) is 85.3 Å². The summed E-state index contributed by atoms with van der Waals surface area (Å²) in [6.45, 7) is 0.539. The van der Waals surface area contributed by atoms with E-state index < -0.39 is 10.0 Å². The number of anilines is 1. The van der Waals surface area contributed by atoms with E-state index in [0.717, 1.165) is 15.2 Å². The predicted molar refractivity (Wildman–Crippen MR) is 76.6 cm³/mol. The zero-order valence-corrected chi connectivity index (χ0v) is 12.2. The third-order valence-corrected chi connectivity index (χ3v) is 3.79. The van der Waals surface area contributed by atoms with E-state index in [0.29, 0.717) is 6.54 Å². The molecular weight excluding hydrogens is 367 g/mol. The van der Waals surface area contributed by atoms with Crippen molar-refractivity contribution >= 4 is 38.3 Å². The molecule has 0 aliphatic heterocycles. The fraction of sp³-hybridized carbons (Fsp3) is 0.0909. The van der Waals surface area contributed by atoms with Crippen LogP contribution in [0.5, 0.6) is 0 Å². The number of halogens is 1. The van der Waals surface area contributed by atoms with Crippen molar-refractivity contribution in [2.45, 2.75) is 11.4 Å². The molecule has 0 saturated heterocycles. The number of rotatable bonds is 4. The number of primary sulfonamides is 1. The standard InChI is InChI=1S/C11H11IN2O3S/c12-11-6-3-9(17-11)7-14-8-1-4-10(5-2-8)18(13,15)16/h1-6,14H,7H2,(H2,13,15,16). The van der Waals surface area contributed by atoms with Gasteiger partial charge < -0.3 is 9.73 Å². The molecule has 0 bridgehead atoms. The van der Waals surface area contributed by atoms with Crippen LogP contribution in [0.1, 0.15) is 5.76 Å². The highest BCUT2D eigenvalue weighted by molar-refractivity contribution is 14.1. The first-order valence-electron chi connectivity index (χ1n) is 5.06. The van der Waals surface area contributed by atoms with E-state index in [2.05, 4.69) is 27.9 Å². The van der Waals surface area contributed by atoms with Gasteiger partial charge in [0, 0.05) is 5.69 Å². The molecule has 0 unspecified atom stereocenters. The molecule has 3 N–H and O–H groups in total. The molecule has 96 valence electrons. The van der Waals surface area contributed by atoms with E-state index in [1.54, 1.807) is 12.1 Å². The number of hydrogen-bond acceptors (Lipinski definition) is 4. The van der Waals surface area contributed by atoms with Gasteiger partial charge in [-0.1, -0.05) is 0 Å². The van der Waals surface area contributed by atoms with Crippen LogP contribution in [0.3, 0.4) is 0 Å². The lowest BCUT2D eigenvalue weighted by molar-refractivity contribution is 0.493. The van der Waals surface area contributed by atoms with Crippen molar-refractivity contribution < 1.29 is 12.8 Å². The summed E-state index contributed by atoms with van der Waals surface area (Å²) in [4.78, 5) is 0.0978. The highest BCUT2D eigenvalue weighted by atomic mass is 127. The minimum atomic E-state index is -3.63. The molecule has 0 aliphatic rings. The van der Waals surface area contributed by atoms with Gasteiger partial charge in [-0.2, -0.15) is 0 Å². The molecule has 0 amide bonds. The number of furan rings is 1. The Morgan fingerprint density at radius 3 is 2.33 bits per heavy atom. The van der Waals surface area contributed by atoms with Gasteiger partial charge in [-0.15, -0.1) is 0 Å². The summed E-state index contributed by atoms with van der Waals surface area (Å²) in [6, 6.07) is 10.0. The minimum Gasteiger partial charge on any atom is -0.454 e. The monoisotopic (exact) mass is 378 g/mol. The molecule has 0 radical (unpaired) electrons. The third kappa shape index (κ3) is 3.47. The summed E-state index contributed by atoms with van der Waals surface area (Å²) in [6.07, 6.45) is 0. The first kappa shape index (κ1) is 13.4. The molecule has 7 heteroatoms. The van der Waals surface area contributed by atoms with Crippen LogP contribution in [-0.4, -0.2) is 8.42 Å². The first-order valence-corrected chi connectivity index (χ1v) is 7.68. The van der Waals surface area contributed by atoms with Gasteiger partial charge in [0.1, 0.15) is 5.76 Å². The van der Waals surface area contributed by atoms with Crippen molar-refractivity contribution in [1.82, 2.24) is 0 Å². The Morgan fingerprint density at radius 1 is 1.17 bits per heavy atom. The average molecular weight is 378 g/mol. The van der Waals surface area contributed by atoms with Crippen molar-refractivity contribution in [3.05, 3.63) is 45.9 Å². The van der Waals surface area contributed by atoms with Crippen LogP contribution in [0.15, 0.2) is 45.7 Å². The highest BCUT2D eigenvalue weighted by Crippen LogP contribution is 2.15. The lowest BCUT2D eigenvalue weighted by atomic mass is 10.3. The normalized spacial score (nSPS) is 11.4. The SMILES string of the molecule is NS(=O)(=O)c1ccc(NCc2ccc(I)o2)cc1. The molecule has 1 heterocycles. The molecule has 0 atom stereocenters. The van der Waals surface area contributed by atoms with E-state index in [4.69, 9.17) is 9.56 Å². The lowest BCUT2D eigenvalue weighted by Gasteiger charge is -2.05. The first-order chi connectivity index (χ1) is 8.45. The second kappa shape index (κ2) is 5.29. The molecular formula is C11H11IN2O3S. The Bertz CT molecular complexity index is 635. The summed E-state index contributed by atoms with van der Waals surface area (Å²) >= 11 is 2.09. The van der Waals surface area contributed by atoms with Crippen LogP contribution in [0.4, 0.5) is 5.69 Å². The van der Waals surface area contributed by atoms with Crippen LogP contribution in [-0.2, 0) is 16.6 Å². The van der Waals surface area contributed by atoms with Crippen molar-refractivity contribution in [2.24, 2.45) is 5.14 Å². The summed E-state index contributed by atoms with van der Waals surface area (Å²) in [5.41, 5.74) is 0.800. The van der Waals surface area contributed by atoms with Crippen LogP contribution in [0.2, 0.25) is 0 Å². The van der Waals surface area contributed by atoms with Gasteiger partial charge in [0.25, 0.3) is 0 Å². The number of benzene rings is 1. The smallest absolute Gasteiger partial charge is 0.238 e. The molecule has 0 saturated carbocycles. The largest absolute Gasteiger partial charge is 0.454 e. The van der Waals surface area contributed by atoms with Crippen LogP contribution >= 0.6 is 22.6 Å². The van der Waals surface area contributed by atoms with Crippen molar-refractivity contribution in [3.8, 4) is 0 Å². The maximum atomic E-state index is 11.1. The summed E-state index contributed by atoms with van der Waals surface area (Å²) in [5.74, 6) is 0.815. The maximum Gasteiger partial charge on any atom is 0.238 e. The Balaban J connectivity index is 2.03. The molecule has 2 aromatic rings. The van der Waals surface area contributed by atoms with E-state index in [9.17, 15) is 8.42 Å². The Hall–Kier alpha value is -1.06. The lowest BCUT2D eigenvalue weighted by Crippen LogP contribution is -2.11. The Kier molecular flexibility index (Phi) is 3.93. The zero-order chi connectivity index (χ0) is 13.2. The number of nitrogens with one attached hydrogen (secondary N) is 1. The number of sulfonamides is 1. The quantitative estimate of drug-likeness (QED) is 0.799. The highest BCUT2D eigenvalue weighted by Gasteiger charge is 2.06. The zero-order valence-electron chi connectivity index (χ0n) is 9.26. The summed E-state index contributed by atoms with van der Waals surface area (Å²) < 4.78 is 28.4. The van der Waals surface area contributed by atoms with Gasteiger partial charge in [-0.25, -0.2) is 13.6 Å². The van der Waals surface area contributed by atoms with Gasteiger partial charge in [-0.3, -0.25) is 0 Å². The number of hydrogen-bond donors (Lipinski definition) is 2.